The van der Waals surface area contributed by atoms with Gasteiger partial charge in [0.25, 0.3) is 0 Å². The molecule has 0 radical (unpaired) electrons. The molecular weight excluding hydrogens is 234 g/mol. The maximum atomic E-state index is 6.10. The van der Waals surface area contributed by atoms with Crippen molar-refractivity contribution in [3.63, 3.8) is 0 Å². The summed E-state index contributed by atoms with van der Waals surface area (Å²) in [5, 5.41) is 3.33. The van der Waals surface area contributed by atoms with Crippen LogP contribution in [0.25, 0.3) is 6.08 Å². The highest BCUT2D eigenvalue weighted by atomic mass is 15.1. The van der Waals surface area contributed by atoms with Gasteiger partial charge in [-0.1, -0.05) is 12.2 Å². The van der Waals surface area contributed by atoms with Crippen molar-refractivity contribution in [1.82, 2.24) is 10.3 Å². The average molecular weight is 257 g/mol. The molecule has 19 heavy (non-hydrogen) atoms. The molecule has 1 aromatic heterocycles. The molecule has 0 amide bonds. The molecule has 1 aromatic rings. The van der Waals surface area contributed by atoms with Gasteiger partial charge in [-0.25, -0.2) is 0 Å². The first-order valence-electron chi connectivity index (χ1n) is 7.24. The minimum atomic E-state index is 0.165. The molecule has 4 unspecified atom stereocenters. The fraction of sp³-hybridized carbons (Fsp3) is 0.500. The lowest BCUT2D eigenvalue weighted by Gasteiger charge is -2.27. The molecule has 102 valence electrons. The van der Waals surface area contributed by atoms with E-state index in [0.29, 0.717) is 17.8 Å². The lowest BCUT2D eigenvalue weighted by molar-refractivity contribution is 0.330. The molecule has 0 bridgehead atoms. The van der Waals surface area contributed by atoms with Gasteiger partial charge in [0.05, 0.1) is 6.17 Å². The zero-order valence-corrected chi connectivity index (χ0v) is 11.3. The Morgan fingerprint density at radius 2 is 2.42 bits per heavy atom. The van der Waals surface area contributed by atoms with Crippen molar-refractivity contribution >= 4 is 6.08 Å². The fourth-order valence-electron chi connectivity index (χ4n) is 3.43. The Kier molecular flexibility index (Phi) is 3.58. The van der Waals surface area contributed by atoms with Crippen LogP contribution in [0.1, 0.15) is 24.1 Å². The van der Waals surface area contributed by atoms with Crippen LogP contribution < -0.4 is 11.1 Å². The van der Waals surface area contributed by atoms with Crippen LogP contribution in [0.15, 0.2) is 31.0 Å². The Morgan fingerprint density at radius 3 is 3.16 bits per heavy atom. The first-order chi connectivity index (χ1) is 9.28. The van der Waals surface area contributed by atoms with Gasteiger partial charge in [-0.2, -0.15) is 0 Å². The Hall–Kier alpha value is -1.32. The molecule has 3 nitrogen and oxygen atoms in total. The van der Waals surface area contributed by atoms with Crippen molar-refractivity contribution in [2.24, 2.45) is 23.5 Å². The second-order valence-electron chi connectivity index (χ2n) is 5.81. The number of aromatic amines is 1. The highest BCUT2D eigenvalue weighted by molar-refractivity contribution is 5.53. The molecule has 1 aliphatic carbocycles. The van der Waals surface area contributed by atoms with Crippen LogP contribution in [0.2, 0.25) is 0 Å². The number of hydrogen-bond donors (Lipinski definition) is 3. The fourth-order valence-corrected chi connectivity index (χ4v) is 3.43. The summed E-state index contributed by atoms with van der Waals surface area (Å²) in [6.45, 7) is 5.10. The molecule has 2 aliphatic rings. The number of nitrogens with one attached hydrogen (secondary N) is 2. The Bertz CT molecular complexity index is 474. The lowest BCUT2D eigenvalue weighted by atomic mass is 9.78. The maximum Gasteiger partial charge on any atom is 0.0576 e. The number of rotatable bonds is 4. The largest absolute Gasteiger partial charge is 0.361 e. The van der Waals surface area contributed by atoms with Crippen molar-refractivity contribution < 1.29 is 0 Å². The molecule has 2 heterocycles. The number of hydrogen-bond acceptors (Lipinski definition) is 2. The monoisotopic (exact) mass is 257 g/mol. The van der Waals surface area contributed by atoms with Crippen molar-refractivity contribution in [3.8, 4) is 0 Å². The maximum absolute atomic E-state index is 6.10. The molecule has 1 aliphatic heterocycles. The third-order valence-corrected chi connectivity index (χ3v) is 4.67. The Morgan fingerprint density at radius 1 is 1.53 bits per heavy atom. The normalized spacial score (nSPS) is 31.1. The molecule has 4 N–H and O–H groups in total. The third-order valence-electron chi connectivity index (χ3n) is 4.67. The summed E-state index contributed by atoms with van der Waals surface area (Å²) in [5.74, 6) is 1.67. The van der Waals surface area contributed by atoms with Crippen molar-refractivity contribution in [1.29, 1.82) is 0 Å². The number of fused-ring (bicyclic) bond motifs is 1. The number of allylic oxidation sites excluding steroid dienone is 2. The summed E-state index contributed by atoms with van der Waals surface area (Å²) in [5.41, 5.74) is 8.79. The van der Waals surface area contributed by atoms with Gasteiger partial charge < -0.3 is 16.0 Å². The van der Waals surface area contributed by atoms with E-state index in [4.69, 9.17) is 5.73 Å². The van der Waals surface area contributed by atoms with Gasteiger partial charge in [0.1, 0.15) is 0 Å². The number of H-pyrrole nitrogens is 1. The van der Waals surface area contributed by atoms with Crippen LogP contribution in [0, 0.1) is 17.8 Å². The SMILES string of the molecule is C=CC(CC1CCNC1N)C1C=Cc2[nH]ccc2C1. The number of aromatic nitrogens is 1. The Labute approximate surface area is 115 Å². The first-order valence-corrected chi connectivity index (χ1v) is 7.24. The molecule has 0 saturated carbocycles. The van der Waals surface area contributed by atoms with E-state index in [1.54, 1.807) is 0 Å². The molecule has 1 fully saturated rings. The van der Waals surface area contributed by atoms with Gasteiger partial charge in [-0.15, -0.1) is 6.58 Å². The molecule has 4 atom stereocenters. The molecule has 0 spiro atoms. The van der Waals surface area contributed by atoms with Gasteiger partial charge in [0.2, 0.25) is 0 Å². The molecular formula is C16H23N3. The van der Waals surface area contributed by atoms with Crippen molar-refractivity contribution in [3.05, 3.63) is 42.3 Å². The topological polar surface area (TPSA) is 53.8 Å². The zero-order chi connectivity index (χ0) is 13.2. The van der Waals surface area contributed by atoms with E-state index < -0.39 is 0 Å². The van der Waals surface area contributed by atoms with Crippen LogP contribution in [0.3, 0.4) is 0 Å². The van der Waals surface area contributed by atoms with Crippen LogP contribution in [-0.2, 0) is 6.42 Å². The quantitative estimate of drug-likeness (QED) is 0.725. The highest BCUT2D eigenvalue weighted by Crippen LogP contribution is 2.33. The highest BCUT2D eigenvalue weighted by Gasteiger charge is 2.29. The van der Waals surface area contributed by atoms with Crippen molar-refractivity contribution in [2.75, 3.05) is 6.54 Å². The third kappa shape index (κ3) is 2.53. The van der Waals surface area contributed by atoms with Crippen LogP contribution >= 0.6 is 0 Å². The second kappa shape index (κ2) is 5.35. The van der Waals surface area contributed by atoms with Gasteiger partial charge in [0, 0.05) is 11.9 Å². The summed E-state index contributed by atoms with van der Waals surface area (Å²) >= 11 is 0. The second-order valence-corrected chi connectivity index (χ2v) is 5.81. The lowest BCUT2D eigenvalue weighted by Crippen LogP contribution is -2.37. The van der Waals surface area contributed by atoms with Crippen LogP contribution in [0.5, 0.6) is 0 Å². The Balaban J connectivity index is 1.68. The van der Waals surface area contributed by atoms with Gasteiger partial charge in [-0.05, 0) is 61.3 Å². The number of nitrogens with two attached hydrogens (primary N) is 1. The van der Waals surface area contributed by atoms with E-state index in [2.05, 4.69) is 41.2 Å². The van der Waals surface area contributed by atoms with Crippen LogP contribution in [0.4, 0.5) is 0 Å². The van der Waals surface area contributed by atoms with E-state index in [1.165, 1.54) is 17.7 Å². The van der Waals surface area contributed by atoms with E-state index in [9.17, 15) is 0 Å². The molecule has 0 aromatic carbocycles. The summed E-state index contributed by atoms with van der Waals surface area (Å²) in [7, 11) is 0. The van der Waals surface area contributed by atoms with E-state index in [-0.39, 0.29) is 6.17 Å². The average Bonchev–Trinajstić information content (AvgIpc) is 3.04. The van der Waals surface area contributed by atoms with Gasteiger partial charge in [0.15, 0.2) is 0 Å². The zero-order valence-electron chi connectivity index (χ0n) is 11.3. The minimum absolute atomic E-state index is 0.165. The summed E-state index contributed by atoms with van der Waals surface area (Å²) in [6.07, 6.45) is 12.3. The molecule has 3 rings (SSSR count). The molecule has 3 heteroatoms. The smallest absolute Gasteiger partial charge is 0.0576 e. The van der Waals surface area contributed by atoms with Crippen molar-refractivity contribution in [2.45, 2.75) is 25.4 Å². The van der Waals surface area contributed by atoms with Gasteiger partial charge in [-0.3, -0.25) is 0 Å². The standard InChI is InChI=1S/C16H23N3/c1-2-11(9-14-6-8-19-16(14)17)12-3-4-15-13(10-12)5-7-18-15/h2-5,7,11-12,14,16,18-19H,1,6,8-10,17H2. The predicted molar refractivity (Wildman–Crippen MR) is 79.4 cm³/mol. The van der Waals surface area contributed by atoms with Crippen LogP contribution in [-0.4, -0.2) is 17.7 Å². The van der Waals surface area contributed by atoms with E-state index >= 15 is 0 Å². The first kappa shape index (κ1) is 12.7. The van der Waals surface area contributed by atoms with Gasteiger partial charge >= 0.3 is 0 Å². The minimum Gasteiger partial charge on any atom is -0.361 e. The summed E-state index contributed by atoms with van der Waals surface area (Å²) in [4.78, 5) is 3.27. The predicted octanol–water partition coefficient (Wildman–Crippen LogP) is 2.29. The van der Waals surface area contributed by atoms with E-state index in [1.807, 2.05) is 6.20 Å². The molecule has 1 saturated heterocycles. The van der Waals surface area contributed by atoms with E-state index in [0.717, 1.165) is 19.4 Å². The summed E-state index contributed by atoms with van der Waals surface area (Å²) in [6, 6.07) is 2.19. The summed E-state index contributed by atoms with van der Waals surface area (Å²) < 4.78 is 0.